The Kier molecular flexibility index (Phi) is 16.1. The van der Waals surface area contributed by atoms with Crippen LogP contribution in [0.5, 0.6) is 23.0 Å². The Balaban J connectivity index is 0.775. The normalized spacial score (nSPS) is 17.9. The largest absolute Gasteiger partial charge is 0.457 e. The minimum Gasteiger partial charge on any atom is -0.457 e. The van der Waals surface area contributed by atoms with E-state index in [-0.39, 0.29) is 34.1 Å². The van der Waals surface area contributed by atoms with Crippen LogP contribution in [0.2, 0.25) is 0 Å². The molecule has 108 heavy (non-hydrogen) atoms. The van der Waals surface area contributed by atoms with Gasteiger partial charge in [0.1, 0.15) is 46.3 Å². The second-order valence-corrected chi connectivity index (χ2v) is 30.5. The maximum absolute atomic E-state index is 15.4. The fourth-order valence-corrected chi connectivity index (χ4v) is 18.7. The van der Waals surface area contributed by atoms with Crippen molar-refractivity contribution in [1.82, 2.24) is 0 Å². The van der Waals surface area contributed by atoms with Crippen molar-refractivity contribution in [2.75, 3.05) is 4.90 Å². The lowest BCUT2D eigenvalue weighted by Crippen LogP contribution is -2.29. The number of anilines is 3. The van der Waals surface area contributed by atoms with Gasteiger partial charge >= 0.3 is 0 Å². The van der Waals surface area contributed by atoms with Gasteiger partial charge in [0.05, 0.1) is 10.8 Å². The van der Waals surface area contributed by atoms with E-state index in [1.165, 1.54) is 46.5 Å². The van der Waals surface area contributed by atoms with Crippen LogP contribution in [0.1, 0.15) is 135 Å². The van der Waals surface area contributed by atoms with E-state index in [9.17, 15) is 0 Å². The van der Waals surface area contributed by atoms with E-state index < -0.39 is 16.2 Å². The molecule has 0 saturated carbocycles. The number of rotatable bonds is 16. The lowest BCUT2D eigenvalue weighted by molar-refractivity contribution is 0.349. The first-order chi connectivity index (χ1) is 52.4. The van der Waals surface area contributed by atoms with Crippen LogP contribution in [0.3, 0.4) is 0 Å². The first kappa shape index (κ1) is 67.3. The molecular weight excluding hydrogens is 1340 g/mol. The first-order valence-corrected chi connectivity index (χ1v) is 36.8. The molecule has 3 unspecified atom stereocenters. The van der Waals surface area contributed by atoms with E-state index in [1.54, 1.807) is 36.4 Å². The van der Waals surface area contributed by atoms with Crippen molar-refractivity contribution in [1.29, 1.82) is 0 Å². The van der Waals surface area contributed by atoms with Crippen LogP contribution in [-0.2, 0) is 27.1 Å². The first-order valence-electron chi connectivity index (χ1n) is 36.8. The fourth-order valence-electron chi connectivity index (χ4n) is 18.7. The molecule has 14 aromatic carbocycles. The summed E-state index contributed by atoms with van der Waals surface area (Å²) >= 11 is 0. The summed E-state index contributed by atoms with van der Waals surface area (Å²) in [5.41, 5.74) is 22.7. The topological polar surface area (TPSA) is 21.7 Å². The molecule has 0 heterocycles. The van der Waals surface area contributed by atoms with Gasteiger partial charge in [0, 0.05) is 22.5 Å². The number of nitrogens with zero attached hydrogens (tertiary/aromatic N) is 1. The molecule has 0 amide bonds. The highest BCUT2D eigenvalue weighted by molar-refractivity contribution is 5.96. The van der Waals surface area contributed by atoms with Crippen molar-refractivity contribution in [2.24, 2.45) is 0 Å². The molecule has 7 heteroatoms. The maximum Gasteiger partial charge on any atom is 0.127 e. The number of benzene rings is 14. The molecule has 0 saturated heterocycles. The molecule has 4 aliphatic rings. The van der Waals surface area contributed by atoms with Crippen LogP contribution < -0.4 is 14.4 Å². The van der Waals surface area contributed by atoms with Gasteiger partial charge < -0.3 is 14.4 Å². The number of hydrogen-bond acceptors (Lipinski definition) is 3. The summed E-state index contributed by atoms with van der Waals surface area (Å²) < 4.78 is 74.2. The summed E-state index contributed by atoms with van der Waals surface area (Å²) in [6.07, 6.45) is 7.57. The van der Waals surface area contributed by atoms with Gasteiger partial charge in [0.15, 0.2) is 0 Å². The summed E-state index contributed by atoms with van der Waals surface area (Å²) in [5.74, 6) is 1.41. The van der Waals surface area contributed by atoms with Crippen molar-refractivity contribution in [2.45, 2.75) is 67.6 Å². The van der Waals surface area contributed by atoms with Crippen molar-refractivity contribution >= 4 is 40.9 Å². The minimum atomic E-state index is -0.924. The molecule has 0 aliphatic heterocycles. The van der Waals surface area contributed by atoms with Crippen LogP contribution in [0.25, 0.3) is 46.1 Å². The van der Waals surface area contributed by atoms with Crippen LogP contribution in [-0.4, -0.2) is 0 Å². The Hall–Kier alpha value is -12.6. The van der Waals surface area contributed by atoms with Gasteiger partial charge in [-0.15, -0.1) is 0 Å². The lowest BCUT2D eigenvalue weighted by atomic mass is 9.67. The molecule has 0 bridgehead atoms. The molecule has 0 radical (unpaired) electrons. The quantitative estimate of drug-likeness (QED) is 0.0711. The molecule has 1 spiro atoms. The number of hydrogen-bond donors (Lipinski definition) is 0. The summed E-state index contributed by atoms with van der Waals surface area (Å²) in [5, 5.41) is 0. The van der Waals surface area contributed by atoms with E-state index in [4.69, 9.17) is 9.47 Å². The van der Waals surface area contributed by atoms with Gasteiger partial charge in [-0.3, -0.25) is 0 Å². The molecule has 3 nitrogen and oxygen atoms in total. The standard InChI is InChI=1S/C101H75F4NO2/c1-7-64-17-45-80(46-18-64)107-82-49-29-71(30-50-82)100(69-25-35-74(103)36-26-69)89-15-11-9-13-84(89)86-53-24-68(59-93(86)100)88(67-22-33-73(102)34-23-67)57-66-21-55-91-95(58-66)99(62-97(91,3)4)63-98(5,6)92-56-44-79(61-96(92)99)106(77-41-39-76(105)40-42-77)78-43-54-87-85-14-10-12-16-90(85)101(94(87)60-78,70-27-37-75(104)38-28-70)72-31-51-83(52-32-72)108-81-47-19-65(8-2)20-48-81/h7-61H,1-2,62-63H2,3-6H3/b88-57-. The third-order valence-corrected chi connectivity index (χ3v) is 23.3. The molecule has 524 valence electrons. The zero-order valence-electron chi connectivity index (χ0n) is 60.4. The van der Waals surface area contributed by atoms with E-state index in [1.807, 2.05) is 121 Å². The van der Waals surface area contributed by atoms with Crippen molar-refractivity contribution in [3.05, 3.63) is 446 Å². The predicted molar refractivity (Wildman–Crippen MR) is 431 cm³/mol. The molecule has 0 N–H and O–H groups in total. The predicted octanol–water partition coefficient (Wildman–Crippen LogP) is 26.5. The molecule has 0 aromatic heterocycles. The SMILES string of the molecule is C=Cc1ccc(Oc2ccc(C3(c4ccc(F)cc4)c4ccccc4-c4ccc(/C(=C\c5ccc6c(c5)C5(CC6(C)C)CC(C)(C)c6ccc(N(c7ccc(F)cc7)c7ccc8c(c7)C(c7ccc(F)cc7)(c7ccc(Oc9ccc(C=C)cc9)cc7)c7ccccc7-8)cc65)c5ccc(F)cc5)cc43)cc2)cc1. The van der Waals surface area contributed by atoms with E-state index in [2.05, 4.69) is 197 Å². The summed E-state index contributed by atoms with van der Waals surface area (Å²) in [4.78, 5) is 2.26. The number of ether oxygens (including phenoxy) is 2. The van der Waals surface area contributed by atoms with Crippen LogP contribution >= 0.6 is 0 Å². The average molecular weight is 1410 g/mol. The van der Waals surface area contributed by atoms with Crippen LogP contribution in [0.15, 0.2) is 329 Å². The molecular formula is C101H75F4NO2. The number of halogens is 4. The van der Waals surface area contributed by atoms with E-state index >= 15 is 17.6 Å². The van der Waals surface area contributed by atoms with Crippen LogP contribution in [0, 0.1) is 23.3 Å². The zero-order valence-corrected chi connectivity index (χ0v) is 60.4. The van der Waals surface area contributed by atoms with Gasteiger partial charge in [0.25, 0.3) is 0 Å². The zero-order chi connectivity index (χ0) is 73.8. The summed E-state index contributed by atoms with van der Waals surface area (Å²) in [6.45, 7) is 17.3. The smallest absolute Gasteiger partial charge is 0.127 e. The Bertz CT molecular complexity index is 5920. The summed E-state index contributed by atoms with van der Waals surface area (Å²) in [6, 6.07) is 104. The highest BCUT2D eigenvalue weighted by Crippen LogP contribution is 2.65. The van der Waals surface area contributed by atoms with Crippen LogP contribution in [0.4, 0.5) is 34.6 Å². The minimum absolute atomic E-state index is 0.248. The summed E-state index contributed by atoms with van der Waals surface area (Å²) in [7, 11) is 0. The second kappa shape index (κ2) is 25.9. The average Bonchev–Trinajstić information content (AvgIpc) is 1.53. The molecule has 0 fully saturated rings. The maximum atomic E-state index is 15.4. The molecule has 4 aliphatic carbocycles. The lowest BCUT2D eigenvalue weighted by Gasteiger charge is -2.35. The third kappa shape index (κ3) is 11.0. The fraction of sp³-hybridized carbons (Fsp3) is 0.109. The molecule has 18 rings (SSSR count). The third-order valence-electron chi connectivity index (χ3n) is 23.3. The van der Waals surface area contributed by atoms with Crippen molar-refractivity contribution in [3.63, 3.8) is 0 Å². The van der Waals surface area contributed by atoms with Crippen molar-refractivity contribution < 1.29 is 27.0 Å². The van der Waals surface area contributed by atoms with Gasteiger partial charge in [-0.25, -0.2) is 17.6 Å². The Morgan fingerprint density at radius 3 is 1.13 bits per heavy atom. The van der Waals surface area contributed by atoms with Crippen molar-refractivity contribution in [3.8, 4) is 45.3 Å². The Labute approximate surface area is 628 Å². The highest BCUT2D eigenvalue weighted by Gasteiger charge is 2.57. The highest BCUT2D eigenvalue weighted by atomic mass is 19.1. The van der Waals surface area contributed by atoms with Gasteiger partial charge in [-0.2, -0.15) is 0 Å². The van der Waals surface area contributed by atoms with Gasteiger partial charge in [-0.05, 0) is 292 Å². The van der Waals surface area contributed by atoms with E-state index in [0.29, 0.717) is 23.0 Å². The van der Waals surface area contributed by atoms with Gasteiger partial charge in [-0.1, -0.05) is 229 Å². The van der Waals surface area contributed by atoms with E-state index in [0.717, 1.165) is 130 Å². The Morgan fingerprint density at radius 1 is 0.315 bits per heavy atom. The molecule has 3 atom stereocenters. The monoisotopic (exact) mass is 1410 g/mol. The Morgan fingerprint density at radius 2 is 0.657 bits per heavy atom. The number of fused-ring (bicyclic) bond motifs is 10. The second-order valence-electron chi connectivity index (χ2n) is 30.5. The van der Waals surface area contributed by atoms with Gasteiger partial charge in [0.2, 0.25) is 0 Å². The molecule has 14 aromatic rings.